The molecule has 0 aliphatic heterocycles. The van der Waals surface area contributed by atoms with Gasteiger partial charge < -0.3 is 9.47 Å². The zero-order chi connectivity index (χ0) is 28.3. The molecule has 0 saturated heterocycles. The summed E-state index contributed by atoms with van der Waals surface area (Å²) in [7, 11) is 0. The normalized spacial score (nSPS) is 17.8. The van der Waals surface area contributed by atoms with Gasteiger partial charge in [-0.2, -0.15) is 8.78 Å². The molecule has 2 nitrogen and oxygen atoms in total. The van der Waals surface area contributed by atoms with E-state index in [4.69, 9.17) is 4.74 Å². The molecule has 4 rings (SSSR count). The molecular formula is C29H26F8O2. The second-order valence-electron chi connectivity index (χ2n) is 9.74. The van der Waals surface area contributed by atoms with Crippen LogP contribution in [0.1, 0.15) is 56.9 Å². The largest absolute Gasteiger partial charge is 0.477 e. The maximum Gasteiger partial charge on any atom is 0.433 e. The molecule has 0 amide bonds. The van der Waals surface area contributed by atoms with Gasteiger partial charge in [0.15, 0.2) is 41.4 Å². The molecule has 3 aromatic rings. The molecule has 39 heavy (non-hydrogen) atoms. The van der Waals surface area contributed by atoms with Crippen molar-refractivity contribution in [3.63, 3.8) is 0 Å². The summed E-state index contributed by atoms with van der Waals surface area (Å²) in [6, 6.07) is 5.60. The summed E-state index contributed by atoms with van der Waals surface area (Å²) < 4.78 is 122. The molecule has 3 aromatic carbocycles. The molecule has 0 atom stereocenters. The topological polar surface area (TPSA) is 18.5 Å². The lowest BCUT2D eigenvalue weighted by molar-refractivity contribution is -0.196. The molecule has 1 fully saturated rings. The average Bonchev–Trinajstić information content (AvgIpc) is 2.87. The minimum atomic E-state index is -4.13. The molecule has 0 N–H and O–H groups in total. The van der Waals surface area contributed by atoms with Crippen LogP contribution in [0.3, 0.4) is 0 Å². The second kappa shape index (κ2) is 11.8. The van der Waals surface area contributed by atoms with E-state index in [9.17, 15) is 35.1 Å². The van der Waals surface area contributed by atoms with Crippen LogP contribution in [-0.4, -0.2) is 12.7 Å². The first-order chi connectivity index (χ1) is 18.5. The predicted octanol–water partition coefficient (Wildman–Crippen LogP) is 9.31. The van der Waals surface area contributed by atoms with Crippen LogP contribution < -0.4 is 9.47 Å². The van der Waals surface area contributed by atoms with Crippen LogP contribution in [0.25, 0.3) is 11.1 Å². The van der Waals surface area contributed by atoms with Gasteiger partial charge in [-0.1, -0.05) is 19.8 Å². The van der Waals surface area contributed by atoms with Crippen molar-refractivity contribution in [3.05, 3.63) is 82.9 Å². The summed E-state index contributed by atoms with van der Waals surface area (Å²) in [5.74, 6) is -9.38. The lowest BCUT2D eigenvalue weighted by atomic mass is 9.77. The first-order valence-corrected chi connectivity index (χ1v) is 12.6. The third-order valence-electron chi connectivity index (χ3n) is 6.92. The van der Waals surface area contributed by atoms with Crippen LogP contribution in [0.4, 0.5) is 35.1 Å². The number of ether oxygens (including phenoxy) is 2. The number of hydrogen-bond donors (Lipinski definition) is 0. The highest BCUT2D eigenvalue weighted by Crippen LogP contribution is 2.39. The summed E-state index contributed by atoms with van der Waals surface area (Å²) in [5, 5.41) is 0. The minimum absolute atomic E-state index is 0.0262. The Bertz CT molecular complexity index is 1270. The van der Waals surface area contributed by atoms with Gasteiger partial charge >= 0.3 is 6.11 Å². The van der Waals surface area contributed by atoms with Gasteiger partial charge in [-0.3, -0.25) is 0 Å². The van der Waals surface area contributed by atoms with Crippen molar-refractivity contribution in [2.45, 2.75) is 57.5 Å². The van der Waals surface area contributed by atoms with Crippen LogP contribution >= 0.6 is 0 Å². The zero-order valence-electron chi connectivity index (χ0n) is 21.0. The van der Waals surface area contributed by atoms with Gasteiger partial charge in [0, 0.05) is 11.6 Å². The molecule has 0 radical (unpaired) electrons. The van der Waals surface area contributed by atoms with Crippen LogP contribution in [0.5, 0.6) is 11.5 Å². The van der Waals surface area contributed by atoms with Gasteiger partial charge in [0.25, 0.3) is 0 Å². The third kappa shape index (κ3) is 6.83. The Hall–Kier alpha value is -3.30. The van der Waals surface area contributed by atoms with Crippen molar-refractivity contribution in [2.75, 3.05) is 6.61 Å². The van der Waals surface area contributed by atoms with Crippen LogP contribution in [-0.2, 0) is 0 Å². The van der Waals surface area contributed by atoms with Gasteiger partial charge in [0.1, 0.15) is 11.6 Å². The van der Waals surface area contributed by atoms with Crippen molar-refractivity contribution < 1.29 is 44.6 Å². The van der Waals surface area contributed by atoms with Crippen molar-refractivity contribution in [1.82, 2.24) is 0 Å². The molecule has 0 unspecified atom stereocenters. The molecule has 10 heteroatoms. The van der Waals surface area contributed by atoms with E-state index in [2.05, 4.69) is 11.7 Å². The highest BCUT2D eigenvalue weighted by Gasteiger charge is 2.35. The quantitative estimate of drug-likeness (QED) is 0.193. The Kier molecular flexibility index (Phi) is 8.71. The fourth-order valence-electron chi connectivity index (χ4n) is 5.01. The zero-order valence-corrected chi connectivity index (χ0v) is 21.0. The summed E-state index contributed by atoms with van der Waals surface area (Å²) in [6.45, 7) is 0.529. The monoisotopic (exact) mass is 558 g/mol. The highest BCUT2D eigenvalue weighted by atomic mass is 19.3. The molecule has 0 spiro atoms. The van der Waals surface area contributed by atoms with E-state index in [1.807, 2.05) is 0 Å². The van der Waals surface area contributed by atoms with Gasteiger partial charge in [0.2, 0.25) is 0 Å². The van der Waals surface area contributed by atoms with Crippen molar-refractivity contribution in [1.29, 1.82) is 0 Å². The predicted molar refractivity (Wildman–Crippen MR) is 129 cm³/mol. The van der Waals surface area contributed by atoms with Gasteiger partial charge in [-0.05, 0) is 85.0 Å². The molecule has 0 bridgehead atoms. The average molecular weight is 559 g/mol. The van der Waals surface area contributed by atoms with E-state index >= 15 is 0 Å². The SMILES string of the molecule is CCCC1CCC(c2cc(F)c(OCC(F)(F)Oc3ccc(-c4cc(F)c(F)c(F)c4)c(F)c3)c(F)c2)CC1. The van der Waals surface area contributed by atoms with Crippen molar-refractivity contribution in [2.24, 2.45) is 5.92 Å². The number of rotatable bonds is 9. The minimum Gasteiger partial charge on any atom is -0.477 e. The third-order valence-corrected chi connectivity index (χ3v) is 6.92. The Morgan fingerprint density at radius 3 is 1.95 bits per heavy atom. The van der Waals surface area contributed by atoms with E-state index < -0.39 is 64.7 Å². The lowest BCUT2D eigenvalue weighted by Crippen LogP contribution is -2.33. The molecule has 0 heterocycles. The van der Waals surface area contributed by atoms with Gasteiger partial charge in [-0.15, -0.1) is 0 Å². The molecule has 210 valence electrons. The summed E-state index contributed by atoms with van der Waals surface area (Å²) in [5.41, 5.74) is -0.316. The summed E-state index contributed by atoms with van der Waals surface area (Å²) >= 11 is 0. The number of hydrogen-bond acceptors (Lipinski definition) is 2. The van der Waals surface area contributed by atoms with Crippen LogP contribution in [0, 0.1) is 40.8 Å². The van der Waals surface area contributed by atoms with Crippen LogP contribution in [0.2, 0.25) is 0 Å². The lowest BCUT2D eigenvalue weighted by Gasteiger charge is -2.29. The molecule has 1 aliphatic carbocycles. The standard InChI is InChI=1S/C29H26F8O2/c1-2-3-16-4-6-17(7-5-16)18-10-25(33)28(26(34)11-18)38-15-29(36,37)39-20-8-9-21(22(30)14-20)19-12-23(31)27(35)24(32)13-19/h8-14,16-17H,2-7,15H2,1H3. The fourth-order valence-corrected chi connectivity index (χ4v) is 5.01. The van der Waals surface area contributed by atoms with E-state index in [1.165, 1.54) is 0 Å². The summed E-state index contributed by atoms with van der Waals surface area (Å²) in [6.07, 6.45) is 1.57. The fraction of sp³-hybridized carbons (Fsp3) is 0.379. The first-order valence-electron chi connectivity index (χ1n) is 12.6. The Morgan fingerprint density at radius 1 is 0.769 bits per heavy atom. The van der Waals surface area contributed by atoms with Gasteiger partial charge in [-0.25, -0.2) is 26.3 Å². The van der Waals surface area contributed by atoms with E-state index in [1.54, 1.807) is 0 Å². The maximum atomic E-state index is 14.6. The van der Waals surface area contributed by atoms with E-state index in [0.717, 1.165) is 62.8 Å². The number of alkyl halides is 2. The first kappa shape index (κ1) is 28.7. The highest BCUT2D eigenvalue weighted by molar-refractivity contribution is 5.65. The Morgan fingerprint density at radius 2 is 1.38 bits per heavy atom. The second-order valence-corrected chi connectivity index (χ2v) is 9.74. The Labute approximate surface area is 220 Å². The van der Waals surface area contributed by atoms with Crippen molar-refractivity contribution >= 4 is 0 Å². The maximum absolute atomic E-state index is 14.6. The molecule has 1 saturated carbocycles. The number of benzene rings is 3. The molecule has 1 aliphatic rings. The number of halogens is 8. The molecular weight excluding hydrogens is 532 g/mol. The summed E-state index contributed by atoms with van der Waals surface area (Å²) in [4.78, 5) is 0. The van der Waals surface area contributed by atoms with Crippen LogP contribution in [0.15, 0.2) is 42.5 Å². The smallest absolute Gasteiger partial charge is 0.433 e. The van der Waals surface area contributed by atoms with E-state index in [-0.39, 0.29) is 11.5 Å². The van der Waals surface area contributed by atoms with Gasteiger partial charge in [0.05, 0.1) is 0 Å². The molecule has 0 aromatic heterocycles. The van der Waals surface area contributed by atoms with Crippen molar-refractivity contribution in [3.8, 4) is 22.6 Å². The Balaban J connectivity index is 1.40. The van der Waals surface area contributed by atoms with E-state index in [0.29, 0.717) is 29.7 Å².